The van der Waals surface area contributed by atoms with Crippen LogP contribution in [0.15, 0.2) is 0 Å². The van der Waals surface area contributed by atoms with Gasteiger partial charge in [0.15, 0.2) is 0 Å². The van der Waals surface area contributed by atoms with E-state index in [1.807, 2.05) is 0 Å². The molecule has 3 rings (SSSR count). The number of hydrogen-bond acceptors (Lipinski definition) is 7. The fraction of sp³-hybridized carbons (Fsp3) is 0.786. The molecule has 0 radical (unpaired) electrons. The molecule has 0 spiro atoms. The first-order valence-corrected chi connectivity index (χ1v) is 7.85. The number of morpholine rings is 1. The van der Waals surface area contributed by atoms with Crippen molar-refractivity contribution in [3.63, 3.8) is 0 Å². The normalized spacial score (nSPS) is 18.8. The number of aromatic nitrogens is 3. The van der Waals surface area contributed by atoms with Crippen LogP contribution in [0, 0.1) is 5.92 Å². The van der Waals surface area contributed by atoms with Crippen LogP contribution in [0.1, 0.15) is 26.2 Å². The summed E-state index contributed by atoms with van der Waals surface area (Å²) in [4.78, 5) is 17.7. The van der Waals surface area contributed by atoms with Crippen molar-refractivity contribution in [1.82, 2.24) is 15.0 Å². The van der Waals surface area contributed by atoms with Crippen LogP contribution < -0.4 is 15.5 Å². The van der Waals surface area contributed by atoms with Crippen LogP contribution in [0.25, 0.3) is 0 Å². The molecular weight excluding hydrogens is 268 g/mol. The van der Waals surface area contributed by atoms with E-state index in [-0.39, 0.29) is 0 Å². The summed E-state index contributed by atoms with van der Waals surface area (Å²) in [6, 6.07) is 0. The van der Waals surface area contributed by atoms with Crippen LogP contribution in [0.2, 0.25) is 0 Å². The molecule has 0 unspecified atom stereocenters. The van der Waals surface area contributed by atoms with E-state index in [1.54, 1.807) is 0 Å². The second kappa shape index (κ2) is 6.43. The third-order valence-electron chi connectivity index (χ3n) is 3.87. The molecule has 2 aliphatic rings. The number of nitrogens with zero attached hydrogens (tertiary/aromatic N) is 5. The van der Waals surface area contributed by atoms with Gasteiger partial charge < -0.3 is 20.3 Å². The third-order valence-corrected chi connectivity index (χ3v) is 3.87. The maximum atomic E-state index is 5.90. The Kier molecular flexibility index (Phi) is 4.38. The minimum Gasteiger partial charge on any atom is -0.378 e. The molecule has 1 aliphatic carbocycles. The first-order chi connectivity index (χ1) is 10.3. The molecule has 21 heavy (non-hydrogen) atoms. The van der Waals surface area contributed by atoms with E-state index >= 15 is 0 Å². The molecule has 0 amide bonds. The molecular formula is C14H24N6O. The summed E-state index contributed by atoms with van der Waals surface area (Å²) in [5.41, 5.74) is 5.90. The molecule has 1 saturated carbocycles. The van der Waals surface area contributed by atoms with Crippen LogP contribution in [0.3, 0.4) is 0 Å². The van der Waals surface area contributed by atoms with E-state index in [2.05, 4.69) is 31.7 Å². The summed E-state index contributed by atoms with van der Waals surface area (Å²) in [7, 11) is 0. The van der Waals surface area contributed by atoms with Crippen molar-refractivity contribution in [3.8, 4) is 0 Å². The zero-order chi connectivity index (χ0) is 14.7. The molecule has 7 heteroatoms. The summed E-state index contributed by atoms with van der Waals surface area (Å²) in [5.74, 6) is 2.50. The van der Waals surface area contributed by atoms with Gasteiger partial charge in [0.25, 0.3) is 0 Å². The second-order valence-electron chi connectivity index (χ2n) is 5.78. The highest BCUT2D eigenvalue weighted by Crippen LogP contribution is 2.31. The molecule has 1 aromatic heterocycles. The SMILES string of the molecule is CCCN(CC1CC1)c1nc(N)nc(N2CCOCC2)n1. The van der Waals surface area contributed by atoms with Crippen molar-refractivity contribution in [2.75, 3.05) is 54.9 Å². The van der Waals surface area contributed by atoms with Crippen LogP contribution in [0.4, 0.5) is 17.8 Å². The predicted octanol–water partition coefficient (Wildman–Crippen LogP) is 0.917. The average Bonchev–Trinajstić information content (AvgIpc) is 3.31. The van der Waals surface area contributed by atoms with E-state index in [0.29, 0.717) is 25.1 Å². The fourth-order valence-electron chi connectivity index (χ4n) is 2.57. The van der Waals surface area contributed by atoms with Gasteiger partial charge in [-0.3, -0.25) is 0 Å². The first-order valence-electron chi connectivity index (χ1n) is 7.85. The van der Waals surface area contributed by atoms with Crippen LogP contribution >= 0.6 is 0 Å². The van der Waals surface area contributed by atoms with Crippen molar-refractivity contribution >= 4 is 17.8 Å². The number of hydrogen-bond donors (Lipinski definition) is 1. The van der Waals surface area contributed by atoms with E-state index in [9.17, 15) is 0 Å². The number of nitrogen functional groups attached to an aromatic ring is 1. The number of anilines is 3. The van der Waals surface area contributed by atoms with Gasteiger partial charge in [0.2, 0.25) is 17.8 Å². The molecule has 2 heterocycles. The van der Waals surface area contributed by atoms with Gasteiger partial charge in [0.1, 0.15) is 0 Å². The first kappa shape index (κ1) is 14.3. The van der Waals surface area contributed by atoms with Crippen LogP contribution in [-0.4, -0.2) is 54.3 Å². The van der Waals surface area contributed by atoms with E-state index < -0.39 is 0 Å². The number of ether oxygens (including phenoxy) is 1. The Labute approximate surface area is 125 Å². The molecule has 7 nitrogen and oxygen atoms in total. The van der Waals surface area contributed by atoms with Gasteiger partial charge in [-0.1, -0.05) is 6.92 Å². The second-order valence-corrected chi connectivity index (χ2v) is 5.78. The number of nitrogens with two attached hydrogens (primary N) is 1. The van der Waals surface area contributed by atoms with Crippen molar-refractivity contribution in [2.45, 2.75) is 26.2 Å². The van der Waals surface area contributed by atoms with Gasteiger partial charge in [-0.15, -0.1) is 0 Å². The zero-order valence-electron chi connectivity index (χ0n) is 12.7. The standard InChI is InChI=1S/C14H24N6O/c1-2-5-20(10-11-3-4-11)14-17-12(15)16-13(18-14)19-6-8-21-9-7-19/h11H,2-10H2,1H3,(H2,15,16,17,18). The third kappa shape index (κ3) is 3.72. The monoisotopic (exact) mass is 292 g/mol. The summed E-state index contributed by atoms with van der Waals surface area (Å²) in [6.45, 7) is 7.19. The smallest absolute Gasteiger partial charge is 0.232 e. The van der Waals surface area contributed by atoms with Gasteiger partial charge in [-0.2, -0.15) is 15.0 Å². The van der Waals surface area contributed by atoms with Crippen molar-refractivity contribution in [3.05, 3.63) is 0 Å². The molecule has 0 atom stereocenters. The Morgan fingerprint density at radius 3 is 2.67 bits per heavy atom. The van der Waals surface area contributed by atoms with Gasteiger partial charge >= 0.3 is 0 Å². The maximum Gasteiger partial charge on any atom is 0.232 e. The van der Waals surface area contributed by atoms with Crippen molar-refractivity contribution in [2.24, 2.45) is 5.92 Å². The lowest BCUT2D eigenvalue weighted by molar-refractivity contribution is 0.122. The lowest BCUT2D eigenvalue weighted by Gasteiger charge is -2.28. The predicted molar refractivity (Wildman–Crippen MR) is 82.5 cm³/mol. The van der Waals surface area contributed by atoms with E-state index in [0.717, 1.165) is 44.5 Å². The summed E-state index contributed by atoms with van der Waals surface area (Å²) >= 11 is 0. The molecule has 0 bridgehead atoms. The van der Waals surface area contributed by atoms with Gasteiger partial charge in [-0.05, 0) is 25.2 Å². The van der Waals surface area contributed by atoms with Gasteiger partial charge in [0.05, 0.1) is 13.2 Å². The van der Waals surface area contributed by atoms with E-state index in [1.165, 1.54) is 12.8 Å². The molecule has 2 fully saturated rings. The topological polar surface area (TPSA) is 80.4 Å². The lowest BCUT2D eigenvalue weighted by Crippen LogP contribution is -2.38. The van der Waals surface area contributed by atoms with E-state index in [4.69, 9.17) is 10.5 Å². The molecule has 1 saturated heterocycles. The van der Waals surface area contributed by atoms with Gasteiger partial charge in [0, 0.05) is 26.2 Å². The van der Waals surface area contributed by atoms with Gasteiger partial charge in [-0.25, -0.2) is 0 Å². The molecule has 1 aliphatic heterocycles. The summed E-state index contributed by atoms with van der Waals surface area (Å²) in [5, 5.41) is 0. The van der Waals surface area contributed by atoms with Crippen molar-refractivity contribution < 1.29 is 4.74 Å². The molecule has 2 N–H and O–H groups in total. The number of rotatable bonds is 6. The highest BCUT2D eigenvalue weighted by molar-refractivity contribution is 5.44. The summed E-state index contributed by atoms with van der Waals surface area (Å²) in [6.07, 6.45) is 3.71. The minimum atomic E-state index is 0.304. The molecule has 116 valence electrons. The lowest BCUT2D eigenvalue weighted by atomic mass is 10.3. The largest absolute Gasteiger partial charge is 0.378 e. The Balaban J connectivity index is 1.80. The minimum absolute atomic E-state index is 0.304. The molecule has 0 aromatic carbocycles. The van der Waals surface area contributed by atoms with Crippen molar-refractivity contribution in [1.29, 1.82) is 0 Å². The average molecular weight is 292 g/mol. The Morgan fingerprint density at radius 2 is 2.00 bits per heavy atom. The Hall–Kier alpha value is -1.63. The highest BCUT2D eigenvalue weighted by atomic mass is 16.5. The van der Waals surface area contributed by atoms with Crippen LogP contribution in [-0.2, 0) is 4.74 Å². The maximum absolute atomic E-state index is 5.90. The molecule has 1 aromatic rings. The zero-order valence-corrected chi connectivity index (χ0v) is 12.7. The summed E-state index contributed by atoms with van der Waals surface area (Å²) < 4.78 is 5.37. The highest BCUT2D eigenvalue weighted by Gasteiger charge is 2.26. The Bertz CT molecular complexity index is 473. The van der Waals surface area contributed by atoms with Crippen LogP contribution in [0.5, 0.6) is 0 Å². The fourth-order valence-corrected chi connectivity index (χ4v) is 2.57. The quantitative estimate of drug-likeness (QED) is 0.835. The Morgan fingerprint density at radius 1 is 1.24 bits per heavy atom.